The zero-order valence-electron chi connectivity index (χ0n) is 10.3. The number of para-hydroxylation sites is 1. The lowest BCUT2D eigenvalue weighted by molar-refractivity contribution is 0.921. The normalized spacial score (nSPS) is 10.2. The standard InChI is InChI=1S/C15H17NS/c1-16(14-6-4-3-5-7-14)12-13-8-10-15(17-2)11-9-13/h3-11H,12H2,1-2H3. The maximum atomic E-state index is 2.26. The van der Waals surface area contributed by atoms with E-state index in [2.05, 4.69) is 66.7 Å². The first-order chi connectivity index (χ1) is 8.29. The summed E-state index contributed by atoms with van der Waals surface area (Å²) in [5.41, 5.74) is 2.59. The summed E-state index contributed by atoms with van der Waals surface area (Å²) in [6, 6.07) is 19.2. The van der Waals surface area contributed by atoms with Crippen LogP contribution in [0.1, 0.15) is 5.56 Å². The average Bonchev–Trinajstić information content (AvgIpc) is 2.40. The molecule has 0 aliphatic heterocycles. The van der Waals surface area contributed by atoms with Gasteiger partial charge >= 0.3 is 0 Å². The number of anilines is 1. The van der Waals surface area contributed by atoms with Gasteiger partial charge in [0.2, 0.25) is 0 Å². The first-order valence-electron chi connectivity index (χ1n) is 5.69. The van der Waals surface area contributed by atoms with Gasteiger partial charge in [0.05, 0.1) is 0 Å². The van der Waals surface area contributed by atoms with Crippen LogP contribution in [0.2, 0.25) is 0 Å². The van der Waals surface area contributed by atoms with Crippen LogP contribution in [0.4, 0.5) is 5.69 Å². The summed E-state index contributed by atoms with van der Waals surface area (Å²) >= 11 is 1.78. The van der Waals surface area contributed by atoms with E-state index in [0.29, 0.717) is 0 Å². The van der Waals surface area contributed by atoms with Crippen molar-refractivity contribution in [2.24, 2.45) is 0 Å². The van der Waals surface area contributed by atoms with E-state index in [-0.39, 0.29) is 0 Å². The zero-order chi connectivity index (χ0) is 12.1. The Morgan fingerprint density at radius 1 is 0.941 bits per heavy atom. The SMILES string of the molecule is CSc1ccc(CN(C)c2ccccc2)cc1. The summed E-state index contributed by atoms with van der Waals surface area (Å²) in [5.74, 6) is 0. The number of hydrogen-bond donors (Lipinski definition) is 0. The topological polar surface area (TPSA) is 3.24 Å². The summed E-state index contributed by atoms with van der Waals surface area (Å²) in [6.07, 6.45) is 2.10. The third-order valence-corrected chi connectivity index (χ3v) is 3.52. The van der Waals surface area contributed by atoms with Crippen molar-refractivity contribution in [1.82, 2.24) is 0 Å². The second-order valence-corrected chi connectivity index (χ2v) is 4.92. The van der Waals surface area contributed by atoms with Crippen LogP contribution < -0.4 is 4.90 Å². The van der Waals surface area contributed by atoms with Crippen LogP contribution >= 0.6 is 11.8 Å². The van der Waals surface area contributed by atoms with Crippen LogP contribution in [0.3, 0.4) is 0 Å². The second-order valence-electron chi connectivity index (χ2n) is 4.04. The summed E-state index contributed by atoms with van der Waals surface area (Å²) < 4.78 is 0. The fraction of sp³-hybridized carbons (Fsp3) is 0.200. The molecule has 0 unspecified atom stereocenters. The smallest absolute Gasteiger partial charge is 0.0426 e. The Morgan fingerprint density at radius 2 is 1.59 bits per heavy atom. The molecule has 2 rings (SSSR count). The molecule has 0 spiro atoms. The maximum Gasteiger partial charge on any atom is 0.0426 e. The van der Waals surface area contributed by atoms with Gasteiger partial charge in [-0.1, -0.05) is 30.3 Å². The highest BCUT2D eigenvalue weighted by atomic mass is 32.2. The van der Waals surface area contributed by atoms with E-state index in [1.165, 1.54) is 16.1 Å². The molecule has 0 amide bonds. The summed E-state index contributed by atoms with van der Waals surface area (Å²) in [5, 5.41) is 0. The number of rotatable bonds is 4. The first-order valence-corrected chi connectivity index (χ1v) is 6.91. The molecule has 0 saturated heterocycles. The van der Waals surface area contributed by atoms with Gasteiger partial charge in [-0.05, 0) is 36.1 Å². The molecule has 0 aliphatic rings. The van der Waals surface area contributed by atoms with Gasteiger partial charge in [0.25, 0.3) is 0 Å². The minimum atomic E-state index is 0.943. The molecule has 2 aromatic carbocycles. The molecular weight excluding hydrogens is 226 g/mol. The predicted molar refractivity (Wildman–Crippen MR) is 76.8 cm³/mol. The molecule has 0 saturated carbocycles. The Hall–Kier alpha value is -1.41. The molecule has 0 bridgehead atoms. The molecule has 0 aliphatic carbocycles. The molecular formula is C15H17NS. The van der Waals surface area contributed by atoms with Crippen LogP contribution in [0, 0.1) is 0 Å². The molecule has 2 aromatic rings. The summed E-state index contributed by atoms with van der Waals surface area (Å²) in [4.78, 5) is 3.57. The summed E-state index contributed by atoms with van der Waals surface area (Å²) in [6.45, 7) is 0.943. The minimum Gasteiger partial charge on any atom is -0.370 e. The largest absolute Gasteiger partial charge is 0.370 e. The van der Waals surface area contributed by atoms with Crippen molar-refractivity contribution in [3.63, 3.8) is 0 Å². The number of hydrogen-bond acceptors (Lipinski definition) is 2. The highest BCUT2D eigenvalue weighted by Gasteiger charge is 2.01. The molecule has 0 atom stereocenters. The van der Waals surface area contributed by atoms with Crippen molar-refractivity contribution >= 4 is 17.4 Å². The number of nitrogens with zero attached hydrogens (tertiary/aromatic N) is 1. The molecule has 17 heavy (non-hydrogen) atoms. The highest BCUT2D eigenvalue weighted by Crippen LogP contribution is 2.18. The van der Waals surface area contributed by atoms with Crippen molar-refractivity contribution < 1.29 is 0 Å². The monoisotopic (exact) mass is 243 g/mol. The second kappa shape index (κ2) is 5.78. The lowest BCUT2D eigenvalue weighted by Gasteiger charge is -2.19. The van der Waals surface area contributed by atoms with Crippen LogP contribution in [0.5, 0.6) is 0 Å². The fourth-order valence-electron chi connectivity index (χ4n) is 1.78. The maximum absolute atomic E-state index is 2.26. The van der Waals surface area contributed by atoms with Crippen LogP contribution in [-0.2, 0) is 6.54 Å². The van der Waals surface area contributed by atoms with E-state index >= 15 is 0 Å². The lowest BCUT2D eigenvalue weighted by Crippen LogP contribution is -2.15. The van der Waals surface area contributed by atoms with Gasteiger partial charge in [0.15, 0.2) is 0 Å². The van der Waals surface area contributed by atoms with E-state index in [1.54, 1.807) is 11.8 Å². The van der Waals surface area contributed by atoms with Gasteiger partial charge in [0.1, 0.15) is 0 Å². The number of thioether (sulfide) groups is 1. The number of benzene rings is 2. The highest BCUT2D eigenvalue weighted by molar-refractivity contribution is 7.98. The van der Waals surface area contributed by atoms with Gasteiger partial charge in [-0.2, -0.15) is 0 Å². The zero-order valence-corrected chi connectivity index (χ0v) is 11.1. The third kappa shape index (κ3) is 3.27. The molecule has 2 heteroatoms. The van der Waals surface area contributed by atoms with E-state index in [9.17, 15) is 0 Å². The summed E-state index contributed by atoms with van der Waals surface area (Å²) in [7, 11) is 2.12. The van der Waals surface area contributed by atoms with Gasteiger partial charge in [-0.3, -0.25) is 0 Å². The van der Waals surface area contributed by atoms with Crippen molar-refractivity contribution in [2.75, 3.05) is 18.2 Å². The van der Waals surface area contributed by atoms with Gasteiger partial charge in [-0.15, -0.1) is 11.8 Å². The van der Waals surface area contributed by atoms with Crippen LogP contribution in [0.25, 0.3) is 0 Å². The average molecular weight is 243 g/mol. The van der Waals surface area contributed by atoms with Crippen LogP contribution in [-0.4, -0.2) is 13.3 Å². The molecule has 0 aromatic heterocycles. The molecule has 0 fully saturated rings. The van der Waals surface area contributed by atoms with Crippen molar-refractivity contribution in [2.45, 2.75) is 11.4 Å². The Balaban J connectivity index is 2.05. The molecule has 0 N–H and O–H groups in total. The van der Waals surface area contributed by atoms with E-state index in [1.807, 2.05) is 6.07 Å². The third-order valence-electron chi connectivity index (χ3n) is 2.78. The van der Waals surface area contributed by atoms with Crippen molar-refractivity contribution in [1.29, 1.82) is 0 Å². The van der Waals surface area contributed by atoms with E-state index < -0.39 is 0 Å². The van der Waals surface area contributed by atoms with Gasteiger partial charge in [-0.25, -0.2) is 0 Å². The first kappa shape index (κ1) is 12.1. The Kier molecular flexibility index (Phi) is 4.10. The Labute approximate surface area is 107 Å². The molecule has 1 nitrogen and oxygen atoms in total. The van der Waals surface area contributed by atoms with Gasteiger partial charge < -0.3 is 4.90 Å². The molecule has 88 valence electrons. The Bertz CT molecular complexity index is 450. The fourth-order valence-corrected chi connectivity index (χ4v) is 2.19. The quantitative estimate of drug-likeness (QED) is 0.745. The Morgan fingerprint density at radius 3 is 2.18 bits per heavy atom. The van der Waals surface area contributed by atoms with Crippen molar-refractivity contribution in [3.05, 3.63) is 60.2 Å². The van der Waals surface area contributed by atoms with E-state index in [0.717, 1.165) is 6.54 Å². The van der Waals surface area contributed by atoms with Crippen molar-refractivity contribution in [3.8, 4) is 0 Å². The molecule has 0 heterocycles. The minimum absolute atomic E-state index is 0.943. The lowest BCUT2D eigenvalue weighted by atomic mass is 10.2. The van der Waals surface area contributed by atoms with E-state index in [4.69, 9.17) is 0 Å². The predicted octanol–water partition coefficient (Wildman–Crippen LogP) is 4.04. The van der Waals surface area contributed by atoms with Gasteiger partial charge in [0, 0.05) is 24.2 Å². The molecule has 0 radical (unpaired) electrons. The van der Waals surface area contributed by atoms with Crippen LogP contribution in [0.15, 0.2) is 59.5 Å².